The molecule has 0 aromatic heterocycles. The number of nitrogens with one attached hydrogen (secondary N) is 1. The van der Waals surface area contributed by atoms with E-state index >= 15 is 0 Å². The summed E-state index contributed by atoms with van der Waals surface area (Å²) in [5, 5.41) is 0. The maximum atomic E-state index is 13.5. The van der Waals surface area contributed by atoms with Gasteiger partial charge < -0.3 is 4.90 Å². The lowest BCUT2D eigenvalue weighted by Crippen LogP contribution is -2.22. The largest absolute Gasteiger partial charge is 0.316 e. The van der Waals surface area contributed by atoms with E-state index in [2.05, 4.69) is 4.72 Å². The number of hydrogen-bond donors (Lipinski definition) is 1. The van der Waals surface area contributed by atoms with Gasteiger partial charge in [0.2, 0.25) is 5.91 Å². The van der Waals surface area contributed by atoms with E-state index in [4.69, 9.17) is 0 Å². The number of rotatable bonds is 4. The number of sulfonamides is 1. The topological polar surface area (TPSA) is 66.5 Å². The molecule has 0 saturated heterocycles. The normalized spacial score (nSPS) is 11.0. The van der Waals surface area contributed by atoms with Gasteiger partial charge in [-0.15, -0.1) is 0 Å². The minimum atomic E-state index is -3.89. The zero-order chi connectivity index (χ0) is 16.3. The molecule has 0 radical (unpaired) electrons. The molecule has 1 amide bonds. The number of amides is 1. The van der Waals surface area contributed by atoms with Crippen molar-refractivity contribution in [1.29, 1.82) is 0 Å². The van der Waals surface area contributed by atoms with E-state index in [9.17, 15) is 17.6 Å². The first kappa shape index (κ1) is 16.0. The summed E-state index contributed by atoms with van der Waals surface area (Å²) in [6, 6.07) is 11.3. The average molecular weight is 322 g/mol. The van der Waals surface area contributed by atoms with Crippen LogP contribution in [-0.2, 0) is 14.8 Å². The predicted molar refractivity (Wildman–Crippen MR) is 82.7 cm³/mol. The van der Waals surface area contributed by atoms with Crippen LogP contribution in [0.25, 0.3) is 0 Å². The second kappa shape index (κ2) is 6.15. The molecule has 7 heteroatoms. The third kappa shape index (κ3) is 3.43. The molecule has 2 aromatic rings. The molecule has 1 N–H and O–H groups in total. The van der Waals surface area contributed by atoms with Gasteiger partial charge in [0.05, 0.1) is 10.6 Å². The zero-order valence-corrected chi connectivity index (χ0v) is 12.9. The van der Waals surface area contributed by atoms with Crippen molar-refractivity contribution in [3.05, 3.63) is 54.3 Å². The number of hydrogen-bond acceptors (Lipinski definition) is 3. The molecule has 0 heterocycles. The Kier molecular flexibility index (Phi) is 4.46. The van der Waals surface area contributed by atoms with Crippen molar-refractivity contribution >= 4 is 27.3 Å². The summed E-state index contributed by atoms with van der Waals surface area (Å²) in [4.78, 5) is 12.6. The van der Waals surface area contributed by atoms with Gasteiger partial charge in [-0.2, -0.15) is 0 Å². The molecule has 2 rings (SSSR count). The van der Waals surface area contributed by atoms with Crippen LogP contribution in [0.1, 0.15) is 6.92 Å². The standard InChI is InChI=1S/C15H15FN2O3S/c1-11(19)18(2)12-7-9-13(10-8-12)22(20,21)17-15-6-4-3-5-14(15)16/h3-10,17H,1-2H3. The van der Waals surface area contributed by atoms with Crippen LogP contribution in [0.2, 0.25) is 0 Å². The number of nitrogens with zero attached hydrogens (tertiary/aromatic N) is 1. The van der Waals surface area contributed by atoms with E-state index in [0.717, 1.165) is 0 Å². The van der Waals surface area contributed by atoms with Crippen LogP contribution in [0.3, 0.4) is 0 Å². The molecule has 0 aliphatic rings. The summed E-state index contributed by atoms with van der Waals surface area (Å²) >= 11 is 0. The van der Waals surface area contributed by atoms with Gasteiger partial charge in [-0.25, -0.2) is 12.8 Å². The molecule has 0 bridgehead atoms. The number of carbonyl (C=O) groups excluding carboxylic acids is 1. The fraction of sp³-hybridized carbons (Fsp3) is 0.133. The maximum absolute atomic E-state index is 13.5. The lowest BCUT2D eigenvalue weighted by Gasteiger charge is -2.15. The smallest absolute Gasteiger partial charge is 0.261 e. The quantitative estimate of drug-likeness (QED) is 0.941. The highest BCUT2D eigenvalue weighted by Gasteiger charge is 2.16. The van der Waals surface area contributed by atoms with Crippen molar-refractivity contribution in [3.63, 3.8) is 0 Å². The molecule has 0 saturated carbocycles. The number of anilines is 2. The highest BCUT2D eigenvalue weighted by Crippen LogP contribution is 2.21. The summed E-state index contributed by atoms with van der Waals surface area (Å²) < 4.78 is 40.1. The van der Waals surface area contributed by atoms with E-state index < -0.39 is 15.8 Å². The van der Waals surface area contributed by atoms with Gasteiger partial charge in [-0.05, 0) is 36.4 Å². The minimum absolute atomic E-state index is 0.0172. The van der Waals surface area contributed by atoms with Gasteiger partial charge in [0, 0.05) is 19.7 Å². The van der Waals surface area contributed by atoms with Crippen LogP contribution < -0.4 is 9.62 Å². The maximum Gasteiger partial charge on any atom is 0.261 e. The van der Waals surface area contributed by atoms with Crippen molar-refractivity contribution in [2.24, 2.45) is 0 Å². The SMILES string of the molecule is CC(=O)N(C)c1ccc(S(=O)(=O)Nc2ccccc2F)cc1. The first-order chi connectivity index (χ1) is 10.3. The molecule has 0 atom stereocenters. The van der Waals surface area contributed by atoms with Crippen LogP contribution in [0.15, 0.2) is 53.4 Å². The molecule has 0 spiro atoms. The number of para-hydroxylation sites is 1. The molecule has 116 valence electrons. The van der Waals surface area contributed by atoms with Gasteiger partial charge in [-0.3, -0.25) is 9.52 Å². The highest BCUT2D eigenvalue weighted by atomic mass is 32.2. The van der Waals surface area contributed by atoms with Gasteiger partial charge in [0.15, 0.2) is 0 Å². The first-order valence-electron chi connectivity index (χ1n) is 6.43. The number of carbonyl (C=O) groups is 1. The van der Waals surface area contributed by atoms with E-state index in [1.807, 2.05) is 0 Å². The Hall–Kier alpha value is -2.41. The Bertz CT molecular complexity index is 789. The van der Waals surface area contributed by atoms with E-state index in [1.165, 1.54) is 60.4 Å². The lowest BCUT2D eigenvalue weighted by molar-refractivity contribution is -0.116. The fourth-order valence-electron chi connectivity index (χ4n) is 1.78. The fourth-order valence-corrected chi connectivity index (χ4v) is 2.85. The summed E-state index contributed by atoms with van der Waals surface area (Å²) in [7, 11) is -2.31. The Labute approximate surface area is 128 Å². The van der Waals surface area contributed by atoms with Crippen LogP contribution >= 0.6 is 0 Å². The lowest BCUT2D eigenvalue weighted by atomic mass is 10.3. The summed E-state index contributed by atoms with van der Waals surface area (Å²) in [5.74, 6) is -0.820. The Morgan fingerprint density at radius 1 is 1.09 bits per heavy atom. The second-order valence-electron chi connectivity index (χ2n) is 4.66. The third-order valence-electron chi connectivity index (χ3n) is 3.12. The molecule has 0 aliphatic heterocycles. The van der Waals surface area contributed by atoms with Crippen molar-refractivity contribution in [1.82, 2.24) is 0 Å². The van der Waals surface area contributed by atoms with Gasteiger partial charge >= 0.3 is 0 Å². The van der Waals surface area contributed by atoms with Crippen molar-refractivity contribution in [2.45, 2.75) is 11.8 Å². The van der Waals surface area contributed by atoms with E-state index in [1.54, 1.807) is 7.05 Å². The third-order valence-corrected chi connectivity index (χ3v) is 4.51. The van der Waals surface area contributed by atoms with Crippen molar-refractivity contribution in [2.75, 3.05) is 16.7 Å². The molecular formula is C15H15FN2O3S. The Balaban J connectivity index is 2.27. The summed E-state index contributed by atoms with van der Waals surface area (Å²) in [5.41, 5.74) is 0.449. The van der Waals surface area contributed by atoms with E-state index in [-0.39, 0.29) is 16.5 Å². The monoisotopic (exact) mass is 322 g/mol. The van der Waals surface area contributed by atoms with Gasteiger partial charge in [0.1, 0.15) is 5.82 Å². The van der Waals surface area contributed by atoms with Crippen LogP contribution in [-0.4, -0.2) is 21.4 Å². The molecule has 0 fully saturated rings. The van der Waals surface area contributed by atoms with Crippen molar-refractivity contribution < 1.29 is 17.6 Å². The van der Waals surface area contributed by atoms with Gasteiger partial charge in [-0.1, -0.05) is 12.1 Å². The highest BCUT2D eigenvalue weighted by molar-refractivity contribution is 7.92. The van der Waals surface area contributed by atoms with E-state index in [0.29, 0.717) is 5.69 Å². The molecule has 2 aromatic carbocycles. The molecule has 22 heavy (non-hydrogen) atoms. The molecule has 0 aliphatic carbocycles. The van der Waals surface area contributed by atoms with Crippen LogP contribution in [0.4, 0.5) is 15.8 Å². The summed E-state index contributed by atoms with van der Waals surface area (Å²) in [6.45, 7) is 1.41. The van der Waals surface area contributed by atoms with Gasteiger partial charge in [0.25, 0.3) is 10.0 Å². The molecular weight excluding hydrogens is 307 g/mol. The molecule has 5 nitrogen and oxygen atoms in total. The van der Waals surface area contributed by atoms with Crippen LogP contribution in [0, 0.1) is 5.82 Å². The first-order valence-corrected chi connectivity index (χ1v) is 7.91. The van der Waals surface area contributed by atoms with Crippen molar-refractivity contribution in [3.8, 4) is 0 Å². The summed E-state index contributed by atoms with van der Waals surface area (Å²) in [6.07, 6.45) is 0. The second-order valence-corrected chi connectivity index (χ2v) is 6.34. The number of benzene rings is 2. The zero-order valence-electron chi connectivity index (χ0n) is 12.1. The predicted octanol–water partition coefficient (Wildman–Crippen LogP) is 2.61. The Morgan fingerprint density at radius 3 is 2.23 bits per heavy atom. The Morgan fingerprint density at radius 2 is 1.68 bits per heavy atom. The van der Waals surface area contributed by atoms with Crippen LogP contribution in [0.5, 0.6) is 0 Å². The average Bonchev–Trinajstić information content (AvgIpc) is 2.49. The minimum Gasteiger partial charge on any atom is -0.316 e. The number of halogens is 1. The molecule has 0 unspecified atom stereocenters.